The predicted molar refractivity (Wildman–Crippen MR) is 126 cm³/mol. The maximum atomic E-state index is 13.7. The average molecular weight is 431 g/mol. The first-order chi connectivity index (χ1) is 14.9. The summed E-state index contributed by atoms with van der Waals surface area (Å²) in [5.41, 5.74) is 4.73. The lowest BCUT2D eigenvalue weighted by atomic mass is 10.1. The second-order valence-electron chi connectivity index (χ2n) is 7.83. The Morgan fingerprint density at radius 2 is 1.61 bits per heavy atom. The lowest BCUT2D eigenvalue weighted by Crippen LogP contribution is -2.20. The number of hydrogen-bond donors (Lipinski definition) is 0. The monoisotopic (exact) mass is 430 g/mol. The Hall–Kier alpha value is -3.18. The number of anilines is 1. The van der Waals surface area contributed by atoms with Crippen molar-refractivity contribution in [3.8, 4) is 0 Å². The normalized spacial score (nSPS) is 11.6. The summed E-state index contributed by atoms with van der Waals surface area (Å²) < 4.78 is 27.3. The second-order valence-corrected chi connectivity index (χ2v) is 9.75. The van der Waals surface area contributed by atoms with Gasteiger partial charge < -0.3 is 4.90 Å². The van der Waals surface area contributed by atoms with Crippen LogP contribution in [0, 0.1) is 6.92 Å². The van der Waals surface area contributed by atoms with Crippen molar-refractivity contribution in [2.24, 2.45) is 0 Å². The molecule has 0 aliphatic heterocycles. The molecule has 4 nitrogen and oxygen atoms in total. The predicted octanol–water partition coefficient (Wildman–Crippen LogP) is 5.57. The summed E-state index contributed by atoms with van der Waals surface area (Å²) in [7, 11) is -1.81. The van der Waals surface area contributed by atoms with E-state index in [9.17, 15) is 8.42 Å². The number of nitrogens with zero attached hydrogens (tertiary/aromatic N) is 2. The van der Waals surface area contributed by atoms with Crippen LogP contribution in [0.4, 0.5) is 5.69 Å². The molecule has 1 aromatic heterocycles. The molecule has 158 valence electrons. The number of pyridine rings is 1. The summed E-state index contributed by atoms with van der Waals surface area (Å²) in [4.78, 5) is 7.01. The number of sulfone groups is 1. The summed E-state index contributed by atoms with van der Waals surface area (Å²) in [6.07, 6.45) is 2.36. The van der Waals surface area contributed by atoms with E-state index in [1.54, 1.807) is 12.1 Å². The fourth-order valence-corrected chi connectivity index (χ4v) is 5.29. The number of fused-ring (bicyclic) bond motifs is 1. The largest absolute Gasteiger partial charge is 0.369 e. The molecule has 0 radical (unpaired) electrons. The third-order valence-electron chi connectivity index (χ3n) is 5.54. The van der Waals surface area contributed by atoms with Gasteiger partial charge in [0.15, 0.2) is 0 Å². The Morgan fingerprint density at radius 1 is 0.903 bits per heavy atom. The summed E-state index contributed by atoms with van der Waals surface area (Å²) in [5, 5.41) is 0.838. The van der Waals surface area contributed by atoms with Crippen LogP contribution in [0.3, 0.4) is 0 Å². The molecule has 31 heavy (non-hydrogen) atoms. The van der Waals surface area contributed by atoms with Crippen LogP contribution >= 0.6 is 0 Å². The molecule has 0 amide bonds. The Kier molecular flexibility index (Phi) is 5.79. The third-order valence-corrected chi connectivity index (χ3v) is 7.31. The summed E-state index contributed by atoms with van der Waals surface area (Å²) >= 11 is 0. The molecule has 0 aliphatic carbocycles. The lowest BCUT2D eigenvalue weighted by Gasteiger charge is -2.24. The van der Waals surface area contributed by atoms with Gasteiger partial charge in [-0.05, 0) is 48.7 Å². The number of hydrogen-bond acceptors (Lipinski definition) is 4. The highest BCUT2D eigenvalue weighted by Crippen LogP contribution is 2.36. The standard InChI is InChI=1S/C26H26N2O2S/c1-4-20-11-13-22(14-12-20)31(29,30)25-17-27-24-15-10-19(2)16-23(24)26(25)28(3)18-21-8-6-5-7-9-21/h5-17H,4,18H2,1-3H3. The van der Waals surface area contributed by atoms with E-state index in [0.717, 1.165) is 34.0 Å². The minimum absolute atomic E-state index is 0.230. The third kappa shape index (κ3) is 4.19. The van der Waals surface area contributed by atoms with Crippen molar-refractivity contribution in [1.82, 2.24) is 4.98 Å². The molecule has 5 heteroatoms. The molecule has 0 atom stereocenters. The Bertz CT molecular complexity index is 1320. The Morgan fingerprint density at radius 3 is 2.29 bits per heavy atom. The van der Waals surface area contributed by atoms with Crippen molar-refractivity contribution < 1.29 is 8.42 Å². The van der Waals surface area contributed by atoms with E-state index in [-0.39, 0.29) is 9.79 Å². The first-order valence-electron chi connectivity index (χ1n) is 10.4. The van der Waals surface area contributed by atoms with E-state index in [1.165, 1.54) is 6.20 Å². The van der Waals surface area contributed by atoms with E-state index in [0.29, 0.717) is 12.2 Å². The molecule has 0 saturated heterocycles. The highest BCUT2D eigenvalue weighted by molar-refractivity contribution is 7.91. The van der Waals surface area contributed by atoms with Crippen molar-refractivity contribution in [3.63, 3.8) is 0 Å². The maximum Gasteiger partial charge on any atom is 0.210 e. The van der Waals surface area contributed by atoms with Crippen molar-refractivity contribution in [2.45, 2.75) is 36.6 Å². The zero-order chi connectivity index (χ0) is 22.0. The van der Waals surface area contributed by atoms with Gasteiger partial charge >= 0.3 is 0 Å². The molecule has 1 heterocycles. The van der Waals surface area contributed by atoms with E-state index < -0.39 is 9.84 Å². The van der Waals surface area contributed by atoms with Gasteiger partial charge in [-0.15, -0.1) is 0 Å². The number of rotatable bonds is 6. The van der Waals surface area contributed by atoms with Gasteiger partial charge in [0.05, 0.1) is 16.1 Å². The van der Waals surface area contributed by atoms with Gasteiger partial charge in [0.1, 0.15) is 4.90 Å². The van der Waals surface area contributed by atoms with Crippen LogP contribution in [-0.4, -0.2) is 20.4 Å². The van der Waals surface area contributed by atoms with Crippen LogP contribution in [-0.2, 0) is 22.8 Å². The van der Waals surface area contributed by atoms with Gasteiger partial charge in [-0.25, -0.2) is 8.42 Å². The summed E-state index contributed by atoms with van der Waals surface area (Å²) in [6.45, 7) is 4.64. The molecule has 3 aromatic carbocycles. The molecular formula is C26H26N2O2S. The molecule has 0 saturated carbocycles. The van der Waals surface area contributed by atoms with Gasteiger partial charge in [0.25, 0.3) is 0 Å². The van der Waals surface area contributed by atoms with Crippen LogP contribution in [0.15, 0.2) is 88.8 Å². The molecule has 0 unspecified atom stereocenters. The number of aromatic nitrogens is 1. The van der Waals surface area contributed by atoms with Gasteiger partial charge in [0, 0.05) is 25.2 Å². The molecular weight excluding hydrogens is 404 g/mol. The van der Waals surface area contributed by atoms with Crippen LogP contribution in [0.25, 0.3) is 10.9 Å². The highest BCUT2D eigenvalue weighted by atomic mass is 32.2. The van der Waals surface area contributed by atoms with Crippen LogP contribution in [0.1, 0.15) is 23.6 Å². The quantitative estimate of drug-likeness (QED) is 0.401. The zero-order valence-electron chi connectivity index (χ0n) is 18.0. The number of benzene rings is 3. The smallest absolute Gasteiger partial charge is 0.210 e. The van der Waals surface area contributed by atoms with Gasteiger partial charge in [-0.2, -0.15) is 0 Å². The molecule has 0 spiro atoms. The second kappa shape index (κ2) is 8.52. The molecule has 0 fully saturated rings. The van der Waals surface area contributed by atoms with Crippen molar-refractivity contribution in [3.05, 3.63) is 95.7 Å². The van der Waals surface area contributed by atoms with Gasteiger partial charge in [0.2, 0.25) is 9.84 Å². The van der Waals surface area contributed by atoms with Gasteiger partial charge in [-0.3, -0.25) is 4.98 Å². The van der Waals surface area contributed by atoms with Crippen LogP contribution in [0.2, 0.25) is 0 Å². The fourth-order valence-electron chi connectivity index (χ4n) is 3.83. The Balaban J connectivity index is 1.91. The van der Waals surface area contributed by atoms with E-state index >= 15 is 0 Å². The molecule has 0 bridgehead atoms. The van der Waals surface area contributed by atoms with Crippen LogP contribution < -0.4 is 4.90 Å². The molecule has 4 aromatic rings. The number of aryl methyl sites for hydroxylation is 2. The van der Waals surface area contributed by atoms with E-state index in [1.807, 2.05) is 79.5 Å². The van der Waals surface area contributed by atoms with Crippen molar-refractivity contribution in [2.75, 3.05) is 11.9 Å². The molecule has 0 N–H and O–H groups in total. The topological polar surface area (TPSA) is 50.3 Å². The SMILES string of the molecule is CCc1ccc(S(=O)(=O)c2cnc3ccc(C)cc3c2N(C)Cc2ccccc2)cc1. The van der Waals surface area contributed by atoms with Crippen molar-refractivity contribution in [1.29, 1.82) is 0 Å². The first kappa shape index (κ1) is 21.1. The zero-order valence-corrected chi connectivity index (χ0v) is 18.9. The van der Waals surface area contributed by atoms with E-state index in [4.69, 9.17) is 0 Å². The highest BCUT2D eigenvalue weighted by Gasteiger charge is 2.26. The Labute approximate surface area is 184 Å². The van der Waals surface area contributed by atoms with Gasteiger partial charge in [-0.1, -0.05) is 61.0 Å². The molecule has 0 aliphatic rings. The van der Waals surface area contributed by atoms with Crippen LogP contribution in [0.5, 0.6) is 0 Å². The summed E-state index contributed by atoms with van der Waals surface area (Å²) in [5.74, 6) is 0. The van der Waals surface area contributed by atoms with E-state index in [2.05, 4.69) is 11.9 Å². The van der Waals surface area contributed by atoms with Crippen molar-refractivity contribution >= 4 is 26.4 Å². The summed E-state index contributed by atoms with van der Waals surface area (Å²) in [6, 6.07) is 23.1. The first-order valence-corrected chi connectivity index (χ1v) is 11.9. The fraction of sp³-hybridized carbons (Fsp3) is 0.192. The molecule has 4 rings (SSSR count). The average Bonchev–Trinajstić information content (AvgIpc) is 2.78. The maximum absolute atomic E-state index is 13.7. The lowest BCUT2D eigenvalue weighted by molar-refractivity contribution is 0.595. The minimum Gasteiger partial charge on any atom is -0.369 e. The minimum atomic E-state index is -3.74.